The second-order valence-corrected chi connectivity index (χ2v) is 9.81. The maximum Gasteiger partial charge on any atom is 0.223 e. The molecule has 0 fully saturated rings. The second kappa shape index (κ2) is 14.0. The molecule has 1 aromatic heterocycles. The molecule has 0 saturated heterocycles. The highest BCUT2D eigenvalue weighted by molar-refractivity contribution is 5.93. The minimum atomic E-state index is -0.945. The molecule has 0 saturated carbocycles. The van der Waals surface area contributed by atoms with E-state index in [2.05, 4.69) is 53.9 Å². The fraction of sp³-hybridized carbons (Fsp3) is 0.500. The van der Waals surface area contributed by atoms with Gasteiger partial charge in [0.05, 0.1) is 6.20 Å². The number of alkyl halides is 1. The lowest BCUT2D eigenvalue weighted by Gasteiger charge is -2.35. The van der Waals surface area contributed by atoms with Crippen molar-refractivity contribution in [2.75, 3.05) is 23.4 Å². The van der Waals surface area contributed by atoms with Crippen molar-refractivity contribution in [3.8, 4) is 11.8 Å². The molecule has 0 spiro atoms. The molecular formula is C32H45FN4O. The summed E-state index contributed by atoms with van der Waals surface area (Å²) in [5, 5.41) is 4.30. The van der Waals surface area contributed by atoms with Gasteiger partial charge in [-0.3, -0.25) is 9.48 Å². The van der Waals surface area contributed by atoms with E-state index in [1.807, 2.05) is 48.0 Å². The van der Waals surface area contributed by atoms with Crippen LogP contribution in [0.1, 0.15) is 90.3 Å². The first-order chi connectivity index (χ1) is 18.0. The van der Waals surface area contributed by atoms with Crippen LogP contribution in [0.25, 0.3) is 5.57 Å². The van der Waals surface area contributed by atoms with Crippen LogP contribution in [0.2, 0.25) is 0 Å². The summed E-state index contributed by atoms with van der Waals surface area (Å²) in [6.07, 6.45) is 7.20. The van der Waals surface area contributed by atoms with Crippen molar-refractivity contribution in [1.29, 1.82) is 0 Å². The summed E-state index contributed by atoms with van der Waals surface area (Å²) in [4.78, 5) is 16.2. The number of anilines is 2. The van der Waals surface area contributed by atoms with E-state index in [0.717, 1.165) is 58.7 Å². The lowest BCUT2D eigenvalue weighted by atomic mass is 9.92. The smallest absolute Gasteiger partial charge is 0.223 e. The highest BCUT2D eigenvalue weighted by Gasteiger charge is 2.24. The number of rotatable bonds is 7. The number of hydrogen-bond donors (Lipinski definition) is 0. The Morgan fingerprint density at radius 3 is 2.50 bits per heavy atom. The predicted molar refractivity (Wildman–Crippen MR) is 159 cm³/mol. The molecule has 0 aliphatic carbocycles. The van der Waals surface area contributed by atoms with E-state index in [1.54, 1.807) is 29.6 Å². The average Bonchev–Trinajstić information content (AvgIpc) is 3.31. The minimum absolute atomic E-state index is 0.00539. The molecule has 0 N–H and O–H groups in total. The molecule has 206 valence electrons. The van der Waals surface area contributed by atoms with Gasteiger partial charge in [-0.25, -0.2) is 4.39 Å². The van der Waals surface area contributed by atoms with Gasteiger partial charge >= 0.3 is 0 Å². The summed E-state index contributed by atoms with van der Waals surface area (Å²) in [6.45, 7) is 16.2. The first-order valence-electron chi connectivity index (χ1n) is 13.7. The summed E-state index contributed by atoms with van der Waals surface area (Å²) < 4.78 is 15.9. The standard InChI is InChI=1S/C30H39FN4O.C2H6/c1-9-11-20(2)28-14-21(3)29(34(8)24(6)36)17-30(28)35-13-10-12-25(23(35)5)16-26(15-22(4)31)27-18-32-33(7)19-27;1-2/h14,16-20,22H,10,12-13,15H2,1-8H3;1-2H3/b26-16+;. The van der Waals surface area contributed by atoms with Gasteiger partial charge in [-0.1, -0.05) is 31.9 Å². The van der Waals surface area contributed by atoms with Crippen LogP contribution in [0, 0.1) is 18.8 Å². The van der Waals surface area contributed by atoms with Crippen LogP contribution in [0.4, 0.5) is 15.8 Å². The number of nitrogens with zero attached hydrogens (tertiary/aromatic N) is 4. The van der Waals surface area contributed by atoms with Crippen LogP contribution >= 0.6 is 0 Å². The summed E-state index contributed by atoms with van der Waals surface area (Å²) in [7, 11) is 3.69. The molecule has 2 heterocycles. The van der Waals surface area contributed by atoms with E-state index in [9.17, 15) is 9.18 Å². The molecule has 38 heavy (non-hydrogen) atoms. The molecule has 1 aliphatic heterocycles. The summed E-state index contributed by atoms with van der Waals surface area (Å²) in [6, 6.07) is 4.30. The van der Waals surface area contributed by atoms with Crippen molar-refractivity contribution in [2.45, 2.75) is 86.7 Å². The number of benzene rings is 1. The number of halogens is 1. The van der Waals surface area contributed by atoms with Gasteiger partial charge in [0.2, 0.25) is 5.91 Å². The molecular weight excluding hydrogens is 475 g/mol. The van der Waals surface area contributed by atoms with E-state index >= 15 is 0 Å². The number of carbonyl (C=O) groups excluding carboxylic acids is 1. The molecule has 1 amide bonds. The fourth-order valence-electron chi connectivity index (χ4n) is 4.90. The van der Waals surface area contributed by atoms with Crippen molar-refractivity contribution in [2.24, 2.45) is 7.05 Å². The van der Waals surface area contributed by atoms with Gasteiger partial charge in [-0.2, -0.15) is 5.10 Å². The fourth-order valence-corrected chi connectivity index (χ4v) is 4.90. The van der Waals surface area contributed by atoms with Crippen molar-refractivity contribution < 1.29 is 9.18 Å². The van der Waals surface area contributed by atoms with Crippen molar-refractivity contribution in [3.05, 3.63) is 58.6 Å². The number of hydrogen-bond acceptors (Lipinski definition) is 3. The molecule has 6 heteroatoms. The Kier molecular flexibility index (Phi) is 11.4. The maximum absolute atomic E-state index is 14.1. The van der Waals surface area contributed by atoms with Crippen LogP contribution in [-0.2, 0) is 11.8 Å². The Hall–Kier alpha value is -3.33. The lowest BCUT2D eigenvalue weighted by molar-refractivity contribution is -0.116. The molecule has 0 radical (unpaired) electrons. The molecule has 3 rings (SSSR count). The highest BCUT2D eigenvalue weighted by Crippen LogP contribution is 2.39. The zero-order valence-corrected chi connectivity index (χ0v) is 24.9. The molecule has 5 nitrogen and oxygen atoms in total. The Morgan fingerprint density at radius 1 is 1.26 bits per heavy atom. The average molecular weight is 521 g/mol. The van der Waals surface area contributed by atoms with Gasteiger partial charge < -0.3 is 9.80 Å². The first-order valence-corrected chi connectivity index (χ1v) is 13.7. The predicted octanol–water partition coefficient (Wildman–Crippen LogP) is 7.57. The van der Waals surface area contributed by atoms with Crippen LogP contribution in [0.3, 0.4) is 0 Å². The Morgan fingerprint density at radius 2 is 1.95 bits per heavy atom. The van der Waals surface area contributed by atoms with E-state index in [0.29, 0.717) is 6.42 Å². The number of allylic oxidation sites excluding steroid dienone is 4. The van der Waals surface area contributed by atoms with Crippen LogP contribution in [0.15, 0.2) is 41.9 Å². The minimum Gasteiger partial charge on any atom is -0.345 e. The zero-order chi connectivity index (χ0) is 28.6. The summed E-state index contributed by atoms with van der Waals surface area (Å²) >= 11 is 0. The van der Waals surface area contributed by atoms with E-state index in [-0.39, 0.29) is 11.8 Å². The zero-order valence-electron chi connectivity index (χ0n) is 24.9. The van der Waals surface area contributed by atoms with Crippen molar-refractivity contribution >= 4 is 22.9 Å². The maximum atomic E-state index is 14.1. The number of amides is 1. The van der Waals surface area contributed by atoms with Crippen LogP contribution < -0.4 is 9.80 Å². The van der Waals surface area contributed by atoms with Gasteiger partial charge in [0.25, 0.3) is 0 Å². The Bertz CT molecular complexity index is 1240. The first kappa shape index (κ1) is 30.9. The van der Waals surface area contributed by atoms with Gasteiger partial charge in [0, 0.05) is 68.7 Å². The lowest BCUT2D eigenvalue weighted by Crippen LogP contribution is -2.29. The third kappa shape index (κ3) is 7.37. The van der Waals surface area contributed by atoms with Crippen molar-refractivity contribution in [3.63, 3.8) is 0 Å². The third-order valence-electron chi connectivity index (χ3n) is 6.92. The molecule has 1 aromatic carbocycles. The summed E-state index contributed by atoms with van der Waals surface area (Å²) in [5.41, 5.74) is 8.42. The van der Waals surface area contributed by atoms with E-state index < -0.39 is 6.17 Å². The normalized spacial score (nSPS) is 15.2. The van der Waals surface area contributed by atoms with Crippen LogP contribution in [-0.4, -0.2) is 35.5 Å². The molecule has 0 bridgehead atoms. The van der Waals surface area contributed by atoms with Gasteiger partial charge in [0.1, 0.15) is 6.17 Å². The topological polar surface area (TPSA) is 41.4 Å². The van der Waals surface area contributed by atoms with E-state index in [1.165, 1.54) is 5.57 Å². The second-order valence-electron chi connectivity index (χ2n) is 9.81. The monoisotopic (exact) mass is 520 g/mol. The quantitative estimate of drug-likeness (QED) is 0.354. The largest absolute Gasteiger partial charge is 0.345 e. The number of aryl methyl sites for hydroxylation is 2. The van der Waals surface area contributed by atoms with Gasteiger partial charge in [-0.05, 0) is 75.8 Å². The third-order valence-corrected chi connectivity index (χ3v) is 6.92. The van der Waals surface area contributed by atoms with Crippen molar-refractivity contribution in [1.82, 2.24) is 9.78 Å². The highest BCUT2D eigenvalue weighted by atomic mass is 19.1. The SMILES string of the molecule is CC.CC#CC(C)c1cc(C)c(N(C)C(C)=O)cc1N1CCCC(/C=C(\CC(C)F)c2cnn(C)c2)=C1C. The number of carbonyl (C=O) groups is 1. The molecule has 2 aromatic rings. The Balaban J connectivity index is 0.00000247. The van der Waals surface area contributed by atoms with Crippen LogP contribution in [0.5, 0.6) is 0 Å². The van der Waals surface area contributed by atoms with Gasteiger partial charge in [-0.15, -0.1) is 5.92 Å². The number of aromatic nitrogens is 2. The van der Waals surface area contributed by atoms with E-state index in [4.69, 9.17) is 0 Å². The Labute approximate surface area is 229 Å². The summed E-state index contributed by atoms with van der Waals surface area (Å²) in [5.74, 6) is 6.41. The molecule has 1 aliphatic rings. The molecule has 2 unspecified atom stereocenters. The van der Waals surface area contributed by atoms with Gasteiger partial charge in [0.15, 0.2) is 0 Å². The molecule has 2 atom stereocenters.